The van der Waals surface area contributed by atoms with Gasteiger partial charge in [-0.15, -0.1) is 0 Å². The van der Waals surface area contributed by atoms with E-state index in [1.165, 1.54) is 0 Å². The highest BCUT2D eigenvalue weighted by Crippen LogP contribution is 2.29. The highest BCUT2D eigenvalue weighted by Gasteiger charge is 2.14. The fraction of sp³-hybridized carbons (Fsp3) is 0.133. The second-order valence-corrected chi connectivity index (χ2v) is 4.93. The standard InChI is InChI=1S/C15H14ClN3O/c1-9-14(10-3-5-11(20-2)6-4-10)18-15-12(17)7-8-13(16)19(9)15/h3-8H,17H2,1-2H3. The molecule has 0 fully saturated rings. The molecule has 4 nitrogen and oxygen atoms in total. The molecular formula is C15H14ClN3O. The van der Waals surface area contributed by atoms with Gasteiger partial charge in [-0.05, 0) is 43.3 Å². The largest absolute Gasteiger partial charge is 0.497 e. The zero-order chi connectivity index (χ0) is 14.3. The van der Waals surface area contributed by atoms with Crippen molar-refractivity contribution in [3.63, 3.8) is 0 Å². The van der Waals surface area contributed by atoms with Crippen molar-refractivity contribution in [1.82, 2.24) is 9.38 Å². The second-order valence-electron chi connectivity index (χ2n) is 4.54. The van der Waals surface area contributed by atoms with Crippen LogP contribution in [-0.4, -0.2) is 16.5 Å². The molecule has 20 heavy (non-hydrogen) atoms. The number of nitrogens with zero attached hydrogens (tertiary/aromatic N) is 2. The van der Waals surface area contributed by atoms with Crippen LogP contribution in [0, 0.1) is 6.92 Å². The minimum Gasteiger partial charge on any atom is -0.497 e. The molecule has 1 aromatic carbocycles. The first kappa shape index (κ1) is 12.8. The lowest BCUT2D eigenvalue weighted by Crippen LogP contribution is -1.94. The Morgan fingerprint density at radius 1 is 1.15 bits per heavy atom. The molecule has 0 radical (unpaired) electrons. The number of methoxy groups -OCH3 is 1. The van der Waals surface area contributed by atoms with Crippen LogP contribution >= 0.6 is 11.6 Å². The van der Waals surface area contributed by atoms with E-state index < -0.39 is 0 Å². The molecule has 5 heteroatoms. The lowest BCUT2D eigenvalue weighted by atomic mass is 10.1. The van der Waals surface area contributed by atoms with Crippen LogP contribution in [0.2, 0.25) is 5.15 Å². The summed E-state index contributed by atoms with van der Waals surface area (Å²) in [5.74, 6) is 0.813. The third kappa shape index (κ3) is 1.89. The van der Waals surface area contributed by atoms with E-state index >= 15 is 0 Å². The number of hydrogen-bond donors (Lipinski definition) is 1. The van der Waals surface area contributed by atoms with Crippen molar-refractivity contribution in [2.24, 2.45) is 0 Å². The van der Waals surface area contributed by atoms with Gasteiger partial charge in [0.25, 0.3) is 0 Å². The first-order valence-corrected chi connectivity index (χ1v) is 6.57. The van der Waals surface area contributed by atoms with Gasteiger partial charge in [-0.2, -0.15) is 0 Å². The third-order valence-electron chi connectivity index (χ3n) is 3.34. The normalized spacial score (nSPS) is 10.9. The maximum Gasteiger partial charge on any atom is 0.162 e. The van der Waals surface area contributed by atoms with Gasteiger partial charge in [0.15, 0.2) is 5.65 Å². The smallest absolute Gasteiger partial charge is 0.162 e. The summed E-state index contributed by atoms with van der Waals surface area (Å²) in [5, 5.41) is 0.596. The summed E-state index contributed by atoms with van der Waals surface area (Å²) in [6, 6.07) is 11.3. The number of imidazole rings is 1. The number of pyridine rings is 1. The van der Waals surface area contributed by atoms with E-state index in [4.69, 9.17) is 22.1 Å². The number of aromatic nitrogens is 2. The summed E-state index contributed by atoms with van der Waals surface area (Å²) in [6.07, 6.45) is 0. The molecule has 2 heterocycles. The first-order valence-electron chi connectivity index (χ1n) is 6.19. The fourth-order valence-electron chi connectivity index (χ4n) is 2.29. The van der Waals surface area contributed by atoms with Crippen molar-refractivity contribution in [2.45, 2.75) is 6.92 Å². The lowest BCUT2D eigenvalue weighted by molar-refractivity contribution is 0.415. The number of benzene rings is 1. The molecule has 2 N–H and O–H groups in total. The Kier molecular flexibility index (Phi) is 3.03. The van der Waals surface area contributed by atoms with Gasteiger partial charge in [-0.3, -0.25) is 4.40 Å². The van der Waals surface area contributed by atoms with Gasteiger partial charge < -0.3 is 10.5 Å². The van der Waals surface area contributed by atoms with Gasteiger partial charge in [0, 0.05) is 11.3 Å². The van der Waals surface area contributed by atoms with Gasteiger partial charge >= 0.3 is 0 Å². The van der Waals surface area contributed by atoms with Gasteiger partial charge in [-0.25, -0.2) is 4.98 Å². The fourth-order valence-corrected chi connectivity index (χ4v) is 2.56. The molecule has 0 aliphatic carbocycles. The van der Waals surface area contributed by atoms with Crippen LogP contribution in [0.5, 0.6) is 5.75 Å². The highest BCUT2D eigenvalue weighted by molar-refractivity contribution is 6.30. The van der Waals surface area contributed by atoms with Gasteiger partial charge in [0.2, 0.25) is 0 Å². The van der Waals surface area contributed by atoms with E-state index in [1.54, 1.807) is 19.2 Å². The monoisotopic (exact) mass is 287 g/mol. The summed E-state index contributed by atoms with van der Waals surface area (Å²) >= 11 is 6.23. The molecule has 3 rings (SSSR count). The Morgan fingerprint density at radius 2 is 1.85 bits per heavy atom. The second kappa shape index (κ2) is 4.72. The molecule has 2 aromatic heterocycles. The maximum atomic E-state index is 6.23. The van der Waals surface area contributed by atoms with Crippen LogP contribution in [0.25, 0.3) is 16.9 Å². The molecule has 102 valence electrons. The molecule has 0 saturated heterocycles. The van der Waals surface area contributed by atoms with Crippen LogP contribution in [0.3, 0.4) is 0 Å². The Balaban J connectivity index is 2.23. The number of fused-ring (bicyclic) bond motifs is 1. The van der Waals surface area contributed by atoms with Crippen molar-refractivity contribution >= 4 is 22.9 Å². The number of nitrogens with two attached hydrogens (primary N) is 1. The number of aryl methyl sites for hydroxylation is 1. The molecule has 0 amide bonds. The SMILES string of the molecule is COc1ccc(-c2nc3c(N)ccc(Cl)n3c2C)cc1. The lowest BCUT2D eigenvalue weighted by Gasteiger charge is -2.03. The van der Waals surface area contributed by atoms with E-state index in [-0.39, 0.29) is 0 Å². The number of nitrogen functional groups attached to an aromatic ring is 1. The van der Waals surface area contributed by atoms with Crippen molar-refractivity contribution < 1.29 is 4.74 Å². The quantitative estimate of drug-likeness (QED) is 0.733. The molecule has 3 aromatic rings. The zero-order valence-electron chi connectivity index (χ0n) is 11.2. The Hall–Kier alpha value is -2.20. The topological polar surface area (TPSA) is 52.5 Å². The van der Waals surface area contributed by atoms with Crippen LogP contribution < -0.4 is 10.5 Å². The number of ether oxygens (including phenoxy) is 1. The zero-order valence-corrected chi connectivity index (χ0v) is 12.0. The average molecular weight is 288 g/mol. The highest BCUT2D eigenvalue weighted by atomic mass is 35.5. The van der Waals surface area contributed by atoms with Crippen molar-refractivity contribution in [3.05, 3.63) is 47.2 Å². The van der Waals surface area contributed by atoms with E-state index in [0.717, 1.165) is 22.7 Å². The predicted molar refractivity (Wildman–Crippen MR) is 81.3 cm³/mol. The predicted octanol–water partition coefficient (Wildman–Crippen LogP) is 3.55. The summed E-state index contributed by atoms with van der Waals surface area (Å²) in [5.41, 5.74) is 10.1. The minimum absolute atomic E-state index is 0.596. The van der Waals surface area contributed by atoms with Crippen molar-refractivity contribution in [1.29, 1.82) is 0 Å². The van der Waals surface area contributed by atoms with Crippen LogP contribution in [0.1, 0.15) is 5.69 Å². The van der Waals surface area contributed by atoms with E-state index in [0.29, 0.717) is 16.5 Å². The van der Waals surface area contributed by atoms with E-state index in [2.05, 4.69) is 4.98 Å². The van der Waals surface area contributed by atoms with Crippen LogP contribution in [0.4, 0.5) is 5.69 Å². The molecule has 0 bridgehead atoms. The van der Waals surface area contributed by atoms with Crippen LogP contribution in [-0.2, 0) is 0 Å². The van der Waals surface area contributed by atoms with E-state index in [9.17, 15) is 0 Å². The van der Waals surface area contributed by atoms with Crippen molar-refractivity contribution in [2.75, 3.05) is 12.8 Å². The van der Waals surface area contributed by atoms with Gasteiger partial charge in [-0.1, -0.05) is 11.6 Å². The Labute approximate surface area is 121 Å². The summed E-state index contributed by atoms with van der Waals surface area (Å²) in [7, 11) is 1.64. The van der Waals surface area contributed by atoms with Crippen molar-refractivity contribution in [3.8, 4) is 17.0 Å². The Bertz CT molecular complexity index is 778. The Morgan fingerprint density at radius 3 is 2.45 bits per heavy atom. The first-order chi connectivity index (χ1) is 9.61. The third-order valence-corrected chi connectivity index (χ3v) is 3.64. The number of anilines is 1. The van der Waals surface area contributed by atoms with Gasteiger partial charge in [0.05, 0.1) is 18.5 Å². The summed E-state index contributed by atoms with van der Waals surface area (Å²) in [4.78, 5) is 4.61. The molecular weight excluding hydrogens is 274 g/mol. The van der Waals surface area contributed by atoms with E-state index in [1.807, 2.05) is 35.6 Å². The molecule has 0 atom stereocenters. The summed E-state index contributed by atoms with van der Waals surface area (Å²) < 4.78 is 7.02. The average Bonchev–Trinajstić information content (AvgIpc) is 2.82. The molecule has 0 aliphatic heterocycles. The van der Waals surface area contributed by atoms with Crippen LogP contribution in [0.15, 0.2) is 36.4 Å². The maximum absolute atomic E-state index is 6.23. The summed E-state index contributed by atoms with van der Waals surface area (Å²) in [6.45, 7) is 1.98. The number of halogens is 1. The minimum atomic E-state index is 0.596. The molecule has 0 unspecified atom stereocenters. The number of rotatable bonds is 2. The molecule has 0 saturated carbocycles. The molecule has 0 spiro atoms. The molecule has 0 aliphatic rings. The number of hydrogen-bond acceptors (Lipinski definition) is 3. The van der Waals surface area contributed by atoms with Gasteiger partial charge in [0.1, 0.15) is 10.9 Å².